The second-order valence-corrected chi connectivity index (χ2v) is 7.96. The third kappa shape index (κ3) is 4.75. The fraction of sp³-hybridized carbons (Fsp3) is 0.364. The second-order valence-electron chi connectivity index (χ2n) is 7.52. The van der Waals surface area contributed by atoms with Crippen molar-refractivity contribution in [1.29, 1.82) is 0 Å². The predicted octanol–water partition coefficient (Wildman–Crippen LogP) is 5.68. The van der Waals surface area contributed by atoms with E-state index in [1.807, 2.05) is 26.0 Å². The zero-order valence-corrected chi connectivity index (χ0v) is 17.5. The van der Waals surface area contributed by atoms with Gasteiger partial charge in [0.05, 0.1) is 17.6 Å². The Kier molecular flexibility index (Phi) is 6.52. The second kappa shape index (κ2) is 8.91. The van der Waals surface area contributed by atoms with Gasteiger partial charge in [0.2, 0.25) is 0 Å². The van der Waals surface area contributed by atoms with E-state index in [-0.39, 0.29) is 23.9 Å². The van der Waals surface area contributed by atoms with Gasteiger partial charge in [-0.3, -0.25) is 4.79 Å². The van der Waals surface area contributed by atoms with Gasteiger partial charge in [0.1, 0.15) is 5.82 Å². The normalized spacial score (nSPS) is 11.4. The van der Waals surface area contributed by atoms with Crippen LogP contribution in [0.3, 0.4) is 0 Å². The molecular weight excluding hydrogens is 396 g/mol. The molecule has 0 saturated carbocycles. The number of hydrogen-bond donors (Lipinski definition) is 0. The van der Waals surface area contributed by atoms with Gasteiger partial charge in [-0.15, -0.1) is 0 Å². The Morgan fingerprint density at radius 3 is 2.59 bits per heavy atom. The van der Waals surface area contributed by atoms with Gasteiger partial charge in [-0.2, -0.15) is 0 Å². The molecule has 1 amide bonds. The number of hydrogen-bond acceptors (Lipinski definition) is 2. The molecule has 3 rings (SSSR count). The Hall–Kier alpha value is -2.47. The zero-order valence-electron chi connectivity index (χ0n) is 16.8. The van der Waals surface area contributed by atoms with Crippen LogP contribution in [-0.4, -0.2) is 26.9 Å². The lowest BCUT2D eigenvalue weighted by atomic mass is 10.1. The lowest BCUT2D eigenvalue weighted by molar-refractivity contribution is 0.0715. The highest BCUT2D eigenvalue weighted by Crippen LogP contribution is 2.23. The molecule has 154 valence electrons. The standard InChI is InChI=1S/C22H24ClF2N3O/c1-4-9-28-20-11-16(23)6-8-19(20)26-21(28)13-27(12-14(2)3)22(29)15-5-7-17(24)18(25)10-15/h5-8,10-11,14H,4,9,12-13H2,1-3H3. The first-order valence-electron chi connectivity index (χ1n) is 9.69. The molecule has 1 heterocycles. The first-order chi connectivity index (χ1) is 13.8. The van der Waals surface area contributed by atoms with Crippen LogP contribution in [-0.2, 0) is 13.1 Å². The quantitative estimate of drug-likeness (QED) is 0.494. The number of imidazole rings is 1. The minimum Gasteiger partial charge on any atom is -0.331 e. The summed E-state index contributed by atoms with van der Waals surface area (Å²) in [5.41, 5.74) is 1.84. The van der Waals surface area contributed by atoms with Crippen LogP contribution >= 0.6 is 11.6 Å². The summed E-state index contributed by atoms with van der Waals surface area (Å²) in [5.74, 6) is -1.43. The summed E-state index contributed by atoms with van der Waals surface area (Å²) in [5, 5.41) is 0.623. The number of carbonyl (C=O) groups is 1. The van der Waals surface area contributed by atoms with Crippen LogP contribution in [0.2, 0.25) is 5.02 Å². The molecule has 0 radical (unpaired) electrons. The first kappa shape index (κ1) is 21.2. The number of aryl methyl sites for hydroxylation is 1. The molecule has 1 aromatic heterocycles. The van der Waals surface area contributed by atoms with Gasteiger partial charge in [-0.05, 0) is 48.7 Å². The fourth-order valence-electron chi connectivity index (χ4n) is 3.38. The van der Waals surface area contributed by atoms with Crippen LogP contribution in [0.5, 0.6) is 0 Å². The van der Waals surface area contributed by atoms with Crippen molar-refractivity contribution in [2.24, 2.45) is 5.92 Å². The van der Waals surface area contributed by atoms with E-state index in [1.165, 1.54) is 6.07 Å². The highest BCUT2D eigenvalue weighted by Gasteiger charge is 2.22. The average Bonchev–Trinajstić information content (AvgIpc) is 2.99. The van der Waals surface area contributed by atoms with Gasteiger partial charge in [0, 0.05) is 23.7 Å². The molecule has 0 aliphatic heterocycles. The molecule has 0 spiro atoms. The molecule has 0 saturated heterocycles. The highest BCUT2D eigenvalue weighted by atomic mass is 35.5. The van der Waals surface area contributed by atoms with E-state index in [0.29, 0.717) is 11.6 Å². The van der Waals surface area contributed by atoms with Crippen LogP contribution in [0.25, 0.3) is 11.0 Å². The number of benzene rings is 2. The highest BCUT2D eigenvalue weighted by molar-refractivity contribution is 6.31. The van der Waals surface area contributed by atoms with Crippen molar-refractivity contribution in [2.45, 2.75) is 40.3 Å². The molecule has 29 heavy (non-hydrogen) atoms. The third-order valence-corrected chi connectivity index (χ3v) is 4.84. The van der Waals surface area contributed by atoms with E-state index >= 15 is 0 Å². The fourth-order valence-corrected chi connectivity index (χ4v) is 3.55. The largest absolute Gasteiger partial charge is 0.331 e. The first-order valence-corrected chi connectivity index (χ1v) is 10.1. The van der Waals surface area contributed by atoms with E-state index in [1.54, 1.807) is 11.0 Å². The van der Waals surface area contributed by atoms with Gasteiger partial charge in [-0.1, -0.05) is 32.4 Å². The number of amides is 1. The summed E-state index contributed by atoms with van der Waals surface area (Å²) in [6.45, 7) is 7.54. The summed E-state index contributed by atoms with van der Waals surface area (Å²) in [6, 6.07) is 8.74. The SMILES string of the molecule is CCCn1c(CN(CC(C)C)C(=O)c2ccc(F)c(F)c2)nc2ccc(Cl)cc21. The van der Waals surface area contributed by atoms with Gasteiger partial charge in [0.25, 0.3) is 5.91 Å². The topological polar surface area (TPSA) is 38.1 Å². The van der Waals surface area contributed by atoms with Crippen molar-refractivity contribution in [1.82, 2.24) is 14.5 Å². The van der Waals surface area contributed by atoms with Gasteiger partial charge in [-0.25, -0.2) is 13.8 Å². The summed E-state index contributed by atoms with van der Waals surface area (Å²) < 4.78 is 29.0. The van der Waals surface area contributed by atoms with Crippen LogP contribution in [0.1, 0.15) is 43.4 Å². The lowest BCUT2D eigenvalue weighted by Gasteiger charge is -2.25. The minimum absolute atomic E-state index is 0.116. The Labute approximate surface area is 174 Å². The number of carbonyl (C=O) groups excluding carboxylic acids is 1. The predicted molar refractivity (Wildman–Crippen MR) is 111 cm³/mol. The van der Waals surface area contributed by atoms with E-state index < -0.39 is 11.6 Å². The van der Waals surface area contributed by atoms with E-state index in [4.69, 9.17) is 16.6 Å². The smallest absolute Gasteiger partial charge is 0.254 e. The summed E-state index contributed by atoms with van der Waals surface area (Å²) in [6.07, 6.45) is 0.895. The number of nitrogens with zero attached hydrogens (tertiary/aromatic N) is 3. The molecule has 2 aromatic carbocycles. The van der Waals surface area contributed by atoms with Crippen LogP contribution in [0, 0.1) is 17.6 Å². The maximum absolute atomic E-state index is 13.7. The maximum Gasteiger partial charge on any atom is 0.254 e. The Balaban J connectivity index is 1.99. The Morgan fingerprint density at radius 1 is 1.17 bits per heavy atom. The molecule has 0 N–H and O–H groups in total. The molecule has 0 unspecified atom stereocenters. The van der Waals surface area contributed by atoms with E-state index in [9.17, 15) is 13.6 Å². The Bertz CT molecular complexity index is 1030. The van der Waals surface area contributed by atoms with Crippen LogP contribution < -0.4 is 0 Å². The molecule has 0 aliphatic rings. The van der Waals surface area contributed by atoms with Crippen molar-refractivity contribution in [3.05, 3.63) is 64.4 Å². The van der Waals surface area contributed by atoms with Crippen molar-refractivity contribution in [3.8, 4) is 0 Å². The van der Waals surface area contributed by atoms with Gasteiger partial charge < -0.3 is 9.47 Å². The molecule has 0 fully saturated rings. The van der Waals surface area contributed by atoms with Crippen molar-refractivity contribution >= 4 is 28.5 Å². The number of halogens is 3. The molecule has 0 bridgehead atoms. The number of rotatable bonds is 7. The van der Waals surface area contributed by atoms with Crippen molar-refractivity contribution < 1.29 is 13.6 Å². The number of fused-ring (bicyclic) bond motifs is 1. The maximum atomic E-state index is 13.7. The molecule has 0 atom stereocenters. The van der Waals surface area contributed by atoms with Crippen LogP contribution in [0.4, 0.5) is 8.78 Å². The summed E-state index contributed by atoms with van der Waals surface area (Å²) in [4.78, 5) is 19.4. The van der Waals surface area contributed by atoms with E-state index in [2.05, 4.69) is 11.5 Å². The molecular formula is C22H24ClF2N3O. The van der Waals surface area contributed by atoms with Crippen molar-refractivity contribution in [2.75, 3.05) is 6.54 Å². The summed E-state index contributed by atoms with van der Waals surface area (Å²) >= 11 is 6.16. The van der Waals surface area contributed by atoms with Crippen LogP contribution in [0.15, 0.2) is 36.4 Å². The molecule has 7 heteroatoms. The monoisotopic (exact) mass is 419 g/mol. The van der Waals surface area contributed by atoms with Gasteiger partial charge >= 0.3 is 0 Å². The minimum atomic E-state index is -1.03. The van der Waals surface area contributed by atoms with Gasteiger partial charge in [0.15, 0.2) is 11.6 Å². The summed E-state index contributed by atoms with van der Waals surface area (Å²) in [7, 11) is 0. The average molecular weight is 420 g/mol. The van der Waals surface area contributed by atoms with E-state index in [0.717, 1.165) is 42.0 Å². The lowest BCUT2D eigenvalue weighted by Crippen LogP contribution is -2.35. The zero-order chi connectivity index (χ0) is 21.1. The number of aromatic nitrogens is 2. The molecule has 3 aromatic rings. The Morgan fingerprint density at radius 2 is 1.93 bits per heavy atom. The third-order valence-electron chi connectivity index (χ3n) is 4.61. The molecule has 0 aliphatic carbocycles. The van der Waals surface area contributed by atoms with Crippen molar-refractivity contribution in [3.63, 3.8) is 0 Å². The molecule has 4 nitrogen and oxygen atoms in total.